The minimum absolute atomic E-state index is 0.0473. The van der Waals surface area contributed by atoms with E-state index in [-0.39, 0.29) is 54.7 Å². The van der Waals surface area contributed by atoms with E-state index in [9.17, 15) is 33.9 Å². The third-order valence-electron chi connectivity index (χ3n) is 11.7. The monoisotopic (exact) mass is 818 g/mol. The van der Waals surface area contributed by atoms with Crippen LogP contribution in [0, 0.1) is 23.7 Å². The fraction of sp³-hybridized carbons (Fsp3) is 0.721. The topological polar surface area (TPSA) is 195 Å². The van der Waals surface area contributed by atoms with Crippen LogP contribution in [-0.4, -0.2) is 138 Å². The van der Waals surface area contributed by atoms with Crippen LogP contribution in [-0.2, 0) is 38.2 Å². The Bertz CT molecular complexity index is 1510. The van der Waals surface area contributed by atoms with Gasteiger partial charge in [0.25, 0.3) is 0 Å². The summed E-state index contributed by atoms with van der Waals surface area (Å²) in [5.74, 6) is -4.47. The second kappa shape index (κ2) is 23.5. The van der Waals surface area contributed by atoms with Crippen molar-refractivity contribution < 1.29 is 48.5 Å². The molecule has 0 unspecified atom stereocenters. The van der Waals surface area contributed by atoms with E-state index in [2.05, 4.69) is 10.6 Å². The zero-order valence-corrected chi connectivity index (χ0v) is 36.8. The normalized spacial score (nSPS) is 18.9. The van der Waals surface area contributed by atoms with Gasteiger partial charge in [0.15, 0.2) is 0 Å². The molecule has 2 rings (SSSR count). The van der Waals surface area contributed by atoms with Crippen LogP contribution in [0.15, 0.2) is 30.3 Å². The zero-order chi connectivity index (χ0) is 44.0. The van der Waals surface area contributed by atoms with Gasteiger partial charge in [0.2, 0.25) is 29.5 Å². The Kier molecular flexibility index (Phi) is 20.3. The molecule has 10 atom stereocenters. The fourth-order valence-electron chi connectivity index (χ4n) is 8.12. The molecule has 1 heterocycles. The second-order valence-electron chi connectivity index (χ2n) is 16.6. The lowest BCUT2D eigenvalue weighted by Gasteiger charge is -2.41. The minimum atomic E-state index is -1.12. The average Bonchev–Trinajstić information content (AvgIpc) is 3.67. The van der Waals surface area contributed by atoms with E-state index in [1.165, 1.54) is 26.2 Å². The van der Waals surface area contributed by atoms with Crippen LogP contribution in [0.4, 0.5) is 0 Å². The number of carbonyl (C=O) groups excluding carboxylic acids is 5. The van der Waals surface area contributed by atoms with E-state index in [1.807, 2.05) is 45.9 Å². The molecule has 5 amide bonds. The molecule has 0 spiro atoms. The van der Waals surface area contributed by atoms with Crippen LogP contribution >= 0.6 is 0 Å². The lowest BCUT2D eigenvalue weighted by molar-refractivity contribution is -0.149. The van der Waals surface area contributed by atoms with E-state index < -0.39 is 72.2 Å². The lowest BCUT2D eigenvalue weighted by Crippen LogP contribution is -2.60. The summed E-state index contributed by atoms with van der Waals surface area (Å²) in [5, 5.41) is 25.7. The van der Waals surface area contributed by atoms with Gasteiger partial charge in [0, 0.05) is 41.3 Å². The maximum Gasteiger partial charge on any atom is 0.303 e. The number of hydrogen-bond donors (Lipinski definition) is 4. The van der Waals surface area contributed by atoms with Gasteiger partial charge < -0.3 is 45.0 Å². The van der Waals surface area contributed by atoms with Crippen molar-refractivity contribution >= 4 is 35.5 Å². The number of nitrogens with one attached hydrogen (secondary N) is 2. The van der Waals surface area contributed by atoms with Gasteiger partial charge in [-0.1, -0.05) is 85.2 Å². The first-order valence-corrected chi connectivity index (χ1v) is 20.7. The van der Waals surface area contributed by atoms with Gasteiger partial charge >= 0.3 is 5.97 Å². The van der Waals surface area contributed by atoms with E-state index >= 15 is 0 Å². The fourth-order valence-corrected chi connectivity index (χ4v) is 8.12. The van der Waals surface area contributed by atoms with E-state index in [0.717, 1.165) is 0 Å². The summed E-state index contributed by atoms with van der Waals surface area (Å²) in [7, 11) is 6.14. The number of carboxylic acid groups (broad SMARTS) is 1. The Labute approximate surface area is 345 Å². The van der Waals surface area contributed by atoms with Crippen molar-refractivity contribution in [2.75, 3.05) is 34.9 Å². The van der Waals surface area contributed by atoms with Gasteiger partial charge in [-0.25, -0.2) is 0 Å². The number of nitrogens with zero attached hydrogens (tertiary/aromatic N) is 3. The zero-order valence-electron chi connectivity index (χ0n) is 36.8. The number of likely N-dealkylation sites (N-methyl/N-ethyl adjacent to an activating group) is 2. The number of carbonyl (C=O) groups is 6. The van der Waals surface area contributed by atoms with Crippen molar-refractivity contribution in [2.45, 2.75) is 142 Å². The number of amides is 5. The van der Waals surface area contributed by atoms with Crippen molar-refractivity contribution in [3.63, 3.8) is 0 Å². The molecule has 1 aromatic rings. The summed E-state index contributed by atoms with van der Waals surface area (Å²) < 4.78 is 11.9. The molecule has 0 aliphatic carbocycles. The van der Waals surface area contributed by atoms with Crippen molar-refractivity contribution in [1.29, 1.82) is 0 Å². The van der Waals surface area contributed by atoms with Crippen LogP contribution < -0.4 is 10.6 Å². The van der Waals surface area contributed by atoms with Crippen LogP contribution in [0.25, 0.3) is 0 Å². The molecular weight excluding hydrogens is 746 g/mol. The number of aliphatic carboxylic acids is 1. The Hall–Kier alpha value is -4.08. The van der Waals surface area contributed by atoms with Gasteiger partial charge in [-0.15, -0.1) is 0 Å². The van der Waals surface area contributed by atoms with Crippen LogP contribution in [0.5, 0.6) is 0 Å². The number of carboxylic acids is 1. The summed E-state index contributed by atoms with van der Waals surface area (Å²) in [6, 6.07) is 5.65. The Morgan fingerprint density at radius 2 is 1.48 bits per heavy atom. The summed E-state index contributed by atoms with van der Waals surface area (Å²) in [4.78, 5) is 84.4. The number of hydrogen-bond acceptors (Lipinski definition) is 9. The standard InChI is InChI=1S/C43H71N5O10/c1-13-27(6)38(47(10)43(56)36(25(2)3)45-42(55)37(26(4)5)46(9)33(49)21-22-35(51)52)32(57-11)24-34(50)48-23-17-20-31(48)40(58-12)28(7)41(54)44-29(8)39(53)30-18-15-14-16-19-30/h14-16,18-19,25-29,31-32,36-40,53H,13,17,20-24H2,1-12H3,(H,44,54)(H,45,55)(H,51,52)/t27-,28+,29+,31-,32+,36-,37-,38-,39+,40+/m0/s1. The maximum atomic E-state index is 14.4. The average molecular weight is 818 g/mol. The number of benzene rings is 1. The van der Waals surface area contributed by atoms with Gasteiger partial charge in [-0.2, -0.15) is 0 Å². The Morgan fingerprint density at radius 1 is 0.862 bits per heavy atom. The van der Waals surface area contributed by atoms with E-state index in [1.54, 1.807) is 56.7 Å². The smallest absolute Gasteiger partial charge is 0.303 e. The number of likely N-dealkylation sites (tertiary alicyclic amines) is 1. The molecular formula is C43H71N5O10. The van der Waals surface area contributed by atoms with Gasteiger partial charge in [-0.3, -0.25) is 28.8 Å². The molecule has 15 nitrogen and oxygen atoms in total. The number of rotatable bonds is 23. The van der Waals surface area contributed by atoms with Crippen molar-refractivity contribution in [2.24, 2.45) is 23.7 Å². The first-order chi connectivity index (χ1) is 27.2. The van der Waals surface area contributed by atoms with Crippen LogP contribution in [0.1, 0.15) is 106 Å². The Morgan fingerprint density at radius 3 is 2.00 bits per heavy atom. The van der Waals surface area contributed by atoms with Crippen molar-refractivity contribution in [3.05, 3.63) is 35.9 Å². The summed E-state index contributed by atoms with van der Waals surface area (Å²) in [6.07, 6.45) is -0.919. The Balaban J connectivity index is 2.27. The SMILES string of the molecule is CC[C@H](C)[C@@H]([C@@H](CC(=O)N1CCC[C@H]1[C@H](OC)[C@@H](C)C(=O)N[C@H](C)[C@@H](O)c1ccccc1)OC)N(C)C(=O)[C@@H](NC(=O)[C@H](C(C)C)N(C)C(=O)CCC(=O)O)C(C)C. The van der Waals surface area contributed by atoms with Gasteiger partial charge in [-0.05, 0) is 43.1 Å². The van der Waals surface area contributed by atoms with Crippen molar-refractivity contribution in [3.8, 4) is 0 Å². The number of aliphatic hydroxyl groups is 1. The van der Waals surface area contributed by atoms with Crippen molar-refractivity contribution in [1.82, 2.24) is 25.3 Å². The molecule has 1 fully saturated rings. The molecule has 0 aromatic heterocycles. The molecule has 0 saturated carbocycles. The predicted molar refractivity (Wildman–Crippen MR) is 220 cm³/mol. The highest BCUT2D eigenvalue weighted by molar-refractivity contribution is 5.93. The molecule has 58 heavy (non-hydrogen) atoms. The highest BCUT2D eigenvalue weighted by Gasteiger charge is 2.43. The van der Waals surface area contributed by atoms with Crippen LogP contribution in [0.3, 0.4) is 0 Å². The van der Waals surface area contributed by atoms with Gasteiger partial charge in [0.1, 0.15) is 12.1 Å². The lowest BCUT2D eigenvalue weighted by atomic mass is 9.89. The number of methoxy groups -OCH3 is 2. The highest BCUT2D eigenvalue weighted by Crippen LogP contribution is 2.30. The molecule has 1 aromatic carbocycles. The number of aliphatic hydroxyl groups excluding tert-OH is 1. The molecule has 1 saturated heterocycles. The van der Waals surface area contributed by atoms with E-state index in [4.69, 9.17) is 14.6 Å². The molecule has 4 N–H and O–H groups in total. The summed E-state index contributed by atoms with van der Waals surface area (Å²) in [6.45, 7) is 15.1. The molecule has 1 aliphatic rings. The van der Waals surface area contributed by atoms with Crippen LogP contribution in [0.2, 0.25) is 0 Å². The van der Waals surface area contributed by atoms with Gasteiger partial charge in [0.05, 0.1) is 55.2 Å². The highest BCUT2D eigenvalue weighted by atomic mass is 16.5. The molecule has 15 heteroatoms. The largest absolute Gasteiger partial charge is 0.481 e. The summed E-state index contributed by atoms with van der Waals surface area (Å²) in [5.41, 5.74) is 0.686. The predicted octanol–water partition coefficient (Wildman–Crippen LogP) is 3.63. The number of ether oxygens (including phenoxy) is 2. The third kappa shape index (κ3) is 13.2. The minimum Gasteiger partial charge on any atom is -0.481 e. The first-order valence-electron chi connectivity index (χ1n) is 20.7. The second-order valence-corrected chi connectivity index (χ2v) is 16.6. The molecule has 1 aliphatic heterocycles. The molecule has 0 bridgehead atoms. The van der Waals surface area contributed by atoms with E-state index in [0.29, 0.717) is 31.4 Å². The summed E-state index contributed by atoms with van der Waals surface area (Å²) >= 11 is 0. The third-order valence-corrected chi connectivity index (χ3v) is 11.7. The molecule has 0 radical (unpaired) electrons. The quantitative estimate of drug-likeness (QED) is 0.127. The maximum absolute atomic E-state index is 14.4. The first kappa shape index (κ1) is 50.1. The molecule has 328 valence electrons.